The molecule has 2 nitrogen and oxygen atoms in total. The van der Waals surface area contributed by atoms with E-state index in [1.165, 1.54) is 5.56 Å². The Hall–Kier alpha value is -0.622. The van der Waals surface area contributed by atoms with Crippen molar-refractivity contribution in [3.05, 3.63) is 36.2 Å². The minimum atomic E-state index is 0. The normalized spacial score (nSPS) is 14.8. The van der Waals surface area contributed by atoms with Crippen molar-refractivity contribution >= 4 is 5.82 Å². The molecule has 1 aliphatic heterocycles. The summed E-state index contributed by atoms with van der Waals surface area (Å²) in [5.74, 6) is 1.03. The van der Waals surface area contributed by atoms with E-state index in [4.69, 9.17) is 0 Å². The zero-order valence-corrected chi connectivity index (χ0v) is 10.5. The summed E-state index contributed by atoms with van der Waals surface area (Å²) in [4.78, 5) is 6.31. The molecule has 0 N–H and O–H groups in total. The third kappa shape index (κ3) is 1.83. The van der Waals surface area contributed by atoms with Crippen molar-refractivity contribution in [1.82, 2.24) is 4.98 Å². The second-order valence-electron chi connectivity index (χ2n) is 3.04. The largest absolute Gasteiger partial charge is 0.348 e. The van der Waals surface area contributed by atoms with E-state index in [1.807, 2.05) is 18.0 Å². The van der Waals surface area contributed by atoms with E-state index < -0.39 is 0 Å². The molecule has 0 atom stereocenters. The number of nitrogens with zero attached hydrogens (tertiary/aromatic N) is 2. The van der Waals surface area contributed by atoms with Crippen LogP contribution in [-0.2, 0) is 27.5 Å². The maximum absolute atomic E-state index is 4.26. The molecule has 0 saturated carbocycles. The molecule has 2 heterocycles. The van der Waals surface area contributed by atoms with Gasteiger partial charge in [-0.25, -0.2) is 12.1 Å². The Morgan fingerprint density at radius 2 is 2.31 bits per heavy atom. The van der Waals surface area contributed by atoms with Crippen LogP contribution in [0.15, 0.2) is 24.5 Å². The molecule has 0 spiro atoms. The quantitative estimate of drug-likeness (QED) is 0.668. The molecule has 13 heavy (non-hydrogen) atoms. The van der Waals surface area contributed by atoms with Gasteiger partial charge in [-0.1, -0.05) is 19.2 Å². The molecule has 0 radical (unpaired) electrons. The molecular weight excluding hydrogens is 332 g/mol. The molecule has 0 amide bonds. The number of allylic oxidation sites excluding steroid dienone is 1. The van der Waals surface area contributed by atoms with E-state index in [0.29, 0.717) is 0 Å². The molecule has 0 aromatic carbocycles. The molecule has 3 heteroatoms. The summed E-state index contributed by atoms with van der Waals surface area (Å²) in [7, 11) is 2.01. The average molecular weight is 343 g/mol. The topological polar surface area (TPSA) is 16.1 Å². The van der Waals surface area contributed by atoms with Crippen LogP contribution in [0.4, 0.5) is 5.82 Å². The monoisotopic (exact) mass is 343 g/mol. The van der Waals surface area contributed by atoms with Gasteiger partial charge in [-0.05, 0) is 6.42 Å². The Kier molecular flexibility index (Phi) is 3.26. The molecule has 2 rings (SSSR count). The molecular formula is C10H11N2W-. The van der Waals surface area contributed by atoms with Crippen molar-refractivity contribution in [2.75, 3.05) is 11.9 Å². The Morgan fingerprint density at radius 1 is 1.54 bits per heavy atom. The molecule has 0 aliphatic carbocycles. The van der Waals surface area contributed by atoms with Crippen LogP contribution in [0.1, 0.15) is 12.0 Å². The number of aromatic nitrogens is 1. The fourth-order valence-electron chi connectivity index (χ4n) is 1.47. The second-order valence-corrected chi connectivity index (χ2v) is 3.04. The van der Waals surface area contributed by atoms with Crippen LogP contribution in [0.5, 0.6) is 0 Å². The minimum absolute atomic E-state index is 0. The predicted molar refractivity (Wildman–Crippen MR) is 48.9 cm³/mol. The first-order valence-corrected chi connectivity index (χ1v) is 4.05. The first-order chi connectivity index (χ1) is 5.79. The third-order valence-electron chi connectivity index (χ3n) is 2.28. The third-order valence-corrected chi connectivity index (χ3v) is 2.28. The summed E-state index contributed by atoms with van der Waals surface area (Å²) in [6.45, 7) is 3.97. The van der Waals surface area contributed by atoms with Crippen LogP contribution >= 0.6 is 0 Å². The maximum atomic E-state index is 4.26. The van der Waals surface area contributed by atoms with E-state index >= 15 is 0 Å². The smallest absolute Gasteiger partial charge is 0.0503 e. The van der Waals surface area contributed by atoms with E-state index in [9.17, 15) is 0 Å². The maximum Gasteiger partial charge on any atom is 0.0503 e. The number of pyridine rings is 1. The van der Waals surface area contributed by atoms with Gasteiger partial charge < -0.3 is 4.90 Å². The van der Waals surface area contributed by atoms with Crippen LogP contribution in [0.2, 0.25) is 0 Å². The van der Waals surface area contributed by atoms with Crippen LogP contribution in [-0.4, -0.2) is 12.0 Å². The first-order valence-electron chi connectivity index (χ1n) is 4.05. The summed E-state index contributed by atoms with van der Waals surface area (Å²) >= 11 is 0. The van der Waals surface area contributed by atoms with Gasteiger partial charge in [0, 0.05) is 33.8 Å². The molecule has 68 valence electrons. The molecule has 1 aromatic rings. The van der Waals surface area contributed by atoms with Crippen molar-refractivity contribution in [3.8, 4) is 0 Å². The van der Waals surface area contributed by atoms with Crippen molar-refractivity contribution in [2.45, 2.75) is 12.8 Å². The van der Waals surface area contributed by atoms with Crippen molar-refractivity contribution < 1.29 is 21.1 Å². The van der Waals surface area contributed by atoms with Crippen LogP contribution in [0.3, 0.4) is 0 Å². The van der Waals surface area contributed by atoms with Gasteiger partial charge in [0.05, 0.1) is 5.82 Å². The van der Waals surface area contributed by atoms with Crippen LogP contribution in [0.25, 0.3) is 0 Å². The van der Waals surface area contributed by atoms with Gasteiger partial charge in [-0.2, -0.15) is 5.56 Å². The zero-order valence-electron chi connectivity index (χ0n) is 7.58. The van der Waals surface area contributed by atoms with Crippen molar-refractivity contribution in [1.29, 1.82) is 0 Å². The van der Waals surface area contributed by atoms with E-state index in [2.05, 4.69) is 17.6 Å². The molecule has 0 unspecified atom stereocenters. The summed E-state index contributed by atoms with van der Waals surface area (Å²) in [6, 6.07) is 4.99. The van der Waals surface area contributed by atoms with Gasteiger partial charge in [-0.15, -0.1) is 0 Å². The first kappa shape index (κ1) is 10.5. The summed E-state index contributed by atoms with van der Waals surface area (Å²) < 4.78 is 0. The molecule has 1 aromatic heterocycles. The van der Waals surface area contributed by atoms with Gasteiger partial charge in [-0.3, -0.25) is 4.98 Å². The second kappa shape index (κ2) is 4.06. The number of aryl methyl sites for hydroxylation is 1. The van der Waals surface area contributed by atoms with Crippen molar-refractivity contribution in [2.24, 2.45) is 0 Å². The fraction of sp³-hybridized carbons (Fsp3) is 0.300. The van der Waals surface area contributed by atoms with Crippen molar-refractivity contribution in [3.63, 3.8) is 0 Å². The number of hydrogen-bond donors (Lipinski definition) is 0. The molecule has 0 saturated heterocycles. The Bertz CT molecular complexity index is 322. The predicted octanol–water partition coefficient (Wildman–Crippen LogP) is 1.78. The zero-order chi connectivity index (χ0) is 8.55. The van der Waals surface area contributed by atoms with Gasteiger partial charge in [0.2, 0.25) is 0 Å². The van der Waals surface area contributed by atoms with E-state index in [0.717, 1.165) is 24.4 Å². The minimum Gasteiger partial charge on any atom is -0.348 e. The Morgan fingerprint density at radius 3 is 3.08 bits per heavy atom. The summed E-state index contributed by atoms with van der Waals surface area (Å²) in [5.41, 5.74) is 2.41. The number of rotatable bonds is 0. The van der Waals surface area contributed by atoms with Crippen LogP contribution < -0.4 is 4.90 Å². The number of anilines is 1. The fourth-order valence-corrected chi connectivity index (χ4v) is 1.47. The number of hydrogen-bond acceptors (Lipinski definition) is 2. The van der Waals surface area contributed by atoms with E-state index in [-0.39, 0.29) is 21.1 Å². The molecule has 0 bridgehead atoms. The summed E-state index contributed by atoms with van der Waals surface area (Å²) in [6.07, 6.45) is 3.78. The Balaban J connectivity index is 0.000000845. The molecule has 1 aliphatic rings. The summed E-state index contributed by atoms with van der Waals surface area (Å²) in [5, 5.41) is 0. The number of fused-ring (bicyclic) bond motifs is 1. The SMILES string of the molecule is C=C1CCc2c[c-]cnc2N1C.[W]. The van der Waals surface area contributed by atoms with E-state index in [1.54, 1.807) is 6.20 Å². The van der Waals surface area contributed by atoms with Gasteiger partial charge >= 0.3 is 0 Å². The van der Waals surface area contributed by atoms with Crippen LogP contribution in [0, 0.1) is 6.07 Å². The average Bonchev–Trinajstić information content (AvgIpc) is 2.12. The van der Waals surface area contributed by atoms with Gasteiger partial charge in [0.15, 0.2) is 0 Å². The molecule has 0 fully saturated rings. The Labute approximate surface area is 92.9 Å². The standard InChI is InChI=1S/C10H11N2.W/c1-8-5-6-9-4-3-7-11-10(9)12(8)2;/h4,7H,1,5-6H2,2H3;/q-1;. The van der Waals surface area contributed by atoms with Gasteiger partial charge in [0.1, 0.15) is 0 Å². The van der Waals surface area contributed by atoms with Gasteiger partial charge in [0.25, 0.3) is 0 Å².